The van der Waals surface area contributed by atoms with Gasteiger partial charge in [0.15, 0.2) is 5.96 Å². The van der Waals surface area contributed by atoms with Gasteiger partial charge in [0.25, 0.3) is 0 Å². The van der Waals surface area contributed by atoms with Crippen LogP contribution in [0.25, 0.3) is 0 Å². The molecule has 0 aromatic heterocycles. The molecule has 1 aromatic rings. The van der Waals surface area contributed by atoms with Crippen molar-refractivity contribution in [3.8, 4) is 0 Å². The maximum absolute atomic E-state index is 6.30. The first-order chi connectivity index (χ1) is 14.2. The normalized spacial score (nSPS) is 16.2. The van der Waals surface area contributed by atoms with Crippen molar-refractivity contribution in [1.29, 1.82) is 0 Å². The summed E-state index contributed by atoms with van der Waals surface area (Å²) in [6.07, 6.45) is 3.32. The zero-order valence-electron chi connectivity index (χ0n) is 18.0. The van der Waals surface area contributed by atoms with E-state index in [0.717, 1.165) is 63.3 Å². The molecule has 1 aromatic carbocycles. The van der Waals surface area contributed by atoms with Crippen LogP contribution in [0.2, 0.25) is 5.02 Å². The van der Waals surface area contributed by atoms with Gasteiger partial charge in [-0.3, -0.25) is 9.89 Å². The molecule has 1 aliphatic rings. The summed E-state index contributed by atoms with van der Waals surface area (Å²) in [4.78, 5) is 7.30. The largest absolute Gasteiger partial charge is 0.382 e. The lowest BCUT2D eigenvalue weighted by molar-refractivity contribution is 0.0698. The molecule has 0 unspecified atom stereocenters. The van der Waals surface area contributed by atoms with Crippen molar-refractivity contribution in [1.82, 2.24) is 15.5 Å². The average molecular weight is 425 g/mol. The van der Waals surface area contributed by atoms with Gasteiger partial charge in [0.05, 0.1) is 13.2 Å². The number of aliphatic imine (C=N–C) groups is 1. The highest BCUT2D eigenvalue weighted by molar-refractivity contribution is 6.31. The molecule has 0 aliphatic carbocycles. The molecular weight excluding hydrogens is 388 g/mol. The molecule has 164 valence electrons. The number of hydrogen-bond donors (Lipinski definition) is 2. The average Bonchev–Trinajstić information content (AvgIpc) is 2.74. The lowest BCUT2D eigenvalue weighted by atomic mass is 9.96. The van der Waals surface area contributed by atoms with Crippen LogP contribution in [-0.4, -0.2) is 70.5 Å². The van der Waals surface area contributed by atoms with Crippen LogP contribution in [0.4, 0.5) is 0 Å². The molecule has 0 bridgehead atoms. The van der Waals surface area contributed by atoms with Gasteiger partial charge in [-0.15, -0.1) is 0 Å². The van der Waals surface area contributed by atoms with E-state index in [2.05, 4.69) is 34.6 Å². The zero-order valence-corrected chi connectivity index (χ0v) is 18.7. The number of nitrogens with one attached hydrogen (secondary N) is 2. The molecule has 7 heteroatoms. The number of rotatable bonds is 12. The minimum Gasteiger partial charge on any atom is -0.382 e. The van der Waals surface area contributed by atoms with Crippen molar-refractivity contribution in [2.24, 2.45) is 10.9 Å². The minimum absolute atomic E-state index is 0.644. The predicted octanol–water partition coefficient (Wildman–Crippen LogP) is 3.16. The Bertz CT molecular complexity index is 592. The predicted molar refractivity (Wildman–Crippen MR) is 121 cm³/mol. The van der Waals surface area contributed by atoms with Gasteiger partial charge in [0.1, 0.15) is 0 Å². The van der Waals surface area contributed by atoms with Crippen molar-refractivity contribution in [3.63, 3.8) is 0 Å². The summed E-state index contributed by atoms with van der Waals surface area (Å²) in [5, 5.41) is 7.60. The van der Waals surface area contributed by atoms with Crippen molar-refractivity contribution >= 4 is 17.6 Å². The summed E-state index contributed by atoms with van der Waals surface area (Å²) in [7, 11) is 1.69. The second-order valence-electron chi connectivity index (χ2n) is 7.42. The second kappa shape index (κ2) is 14.6. The van der Waals surface area contributed by atoms with Gasteiger partial charge in [-0.2, -0.15) is 0 Å². The Balaban J connectivity index is 1.66. The molecule has 0 radical (unpaired) electrons. The van der Waals surface area contributed by atoms with E-state index in [0.29, 0.717) is 19.1 Å². The lowest BCUT2D eigenvalue weighted by Gasteiger charge is -2.31. The quantitative estimate of drug-likeness (QED) is 0.306. The zero-order chi connectivity index (χ0) is 20.7. The summed E-state index contributed by atoms with van der Waals surface area (Å²) in [5.41, 5.74) is 1.22. The smallest absolute Gasteiger partial charge is 0.191 e. The fourth-order valence-electron chi connectivity index (χ4n) is 3.38. The summed E-state index contributed by atoms with van der Waals surface area (Å²) < 4.78 is 10.5. The van der Waals surface area contributed by atoms with Gasteiger partial charge in [-0.05, 0) is 56.8 Å². The van der Waals surface area contributed by atoms with Crippen LogP contribution in [-0.2, 0) is 16.0 Å². The van der Waals surface area contributed by atoms with E-state index in [-0.39, 0.29) is 0 Å². The number of benzene rings is 1. The number of ether oxygens (including phenoxy) is 2. The monoisotopic (exact) mass is 424 g/mol. The van der Waals surface area contributed by atoms with Gasteiger partial charge in [0.2, 0.25) is 0 Å². The number of halogens is 1. The molecule has 2 rings (SSSR count). The van der Waals surface area contributed by atoms with Crippen molar-refractivity contribution < 1.29 is 9.47 Å². The van der Waals surface area contributed by atoms with E-state index < -0.39 is 0 Å². The highest BCUT2D eigenvalue weighted by Gasteiger charge is 2.19. The van der Waals surface area contributed by atoms with Crippen LogP contribution in [0.1, 0.15) is 31.7 Å². The molecule has 0 saturated carbocycles. The van der Waals surface area contributed by atoms with E-state index in [4.69, 9.17) is 26.1 Å². The van der Waals surface area contributed by atoms with Crippen LogP contribution in [0.15, 0.2) is 29.3 Å². The lowest BCUT2D eigenvalue weighted by Crippen LogP contribution is -2.39. The molecule has 1 heterocycles. The molecule has 29 heavy (non-hydrogen) atoms. The number of nitrogens with zero attached hydrogens (tertiary/aromatic N) is 2. The van der Waals surface area contributed by atoms with Crippen LogP contribution >= 0.6 is 11.6 Å². The van der Waals surface area contributed by atoms with E-state index in [1.54, 1.807) is 7.11 Å². The van der Waals surface area contributed by atoms with Crippen molar-refractivity contribution in [2.45, 2.75) is 32.7 Å². The molecule has 0 atom stereocenters. The van der Waals surface area contributed by atoms with Crippen LogP contribution in [0.5, 0.6) is 0 Å². The molecule has 1 fully saturated rings. The Hall–Kier alpha value is -1.34. The molecule has 0 amide bonds. The number of likely N-dealkylation sites (tertiary alicyclic amines) is 1. The Kier molecular flexibility index (Phi) is 12.1. The summed E-state index contributed by atoms with van der Waals surface area (Å²) in [6.45, 7) is 9.88. The first kappa shape index (κ1) is 23.9. The van der Waals surface area contributed by atoms with Gasteiger partial charge in [-0.1, -0.05) is 29.8 Å². The Morgan fingerprint density at radius 2 is 1.97 bits per heavy atom. The fourth-order valence-corrected chi connectivity index (χ4v) is 3.58. The van der Waals surface area contributed by atoms with Crippen molar-refractivity contribution in [3.05, 3.63) is 34.9 Å². The minimum atomic E-state index is 0.644. The van der Waals surface area contributed by atoms with Crippen molar-refractivity contribution in [2.75, 3.05) is 59.7 Å². The molecule has 2 N–H and O–H groups in total. The highest BCUT2D eigenvalue weighted by Crippen LogP contribution is 2.22. The third-order valence-corrected chi connectivity index (χ3v) is 5.47. The van der Waals surface area contributed by atoms with E-state index >= 15 is 0 Å². The number of guanidine groups is 1. The molecule has 6 nitrogen and oxygen atoms in total. The maximum atomic E-state index is 6.30. The number of hydrogen-bond acceptors (Lipinski definition) is 4. The Morgan fingerprint density at radius 1 is 1.17 bits per heavy atom. The third kappa shape index (κ3) is 9.81. The number of methoxy groups -OCH3 is 1. The van der Waals surface area contributed by atoms with Crippen LogP contribution in [0.3, 0.4) is 0 Å². The first-order valence-electron chi connectivity index (χ1n) is 10.8. The Labute approximate surface area is 181 Å². The van der Waals surface area contributed by atoms with Gasteiger partial charge >= 0.3 is 0 Å². The summed E-state index contributed by atoms with van der Waals surface area (Å²) in [5.74, 6) is 1.55. The Morgan fingerprint density at radius 3 is 2.69 bits per heavy atom. The van der Waals surface area contributed by atoms with Crippen LogP contribution in [0, 0.1) is 5.92 Å². The van der Waals surface area contributed by atoms with E-state index in [1.807, 2.05) is 12.1 Å². The molecule has 1 aliphatic heterocycles. The van der Waals surface area contributed by atoms with Gasteiger partial charge < -0.3 is 20.1 Å². The molecular formula is C22H37ClN4O2. The number of piperidine rings is 1. The van der Waals surface area contributed by atoms with Gasteiger partial charge in [0, 0.05) is 44.9 Å². The first-order valence-corrected chi connectivity index (χ1v) is 11.1. The standard InChI is InChI=1S/C22H37ClN4O2/c1-3-24-22(25-11-6-14-29-16-15-28-2)26-17-19-9-12-27(13-10-19)18-20-7-4-5-8-21(20)23/h4-5,7-8,19H,3,6,9-18H2,1-2H3,(H2,24,25,26). The van der Waals surface area contributed by atoms with Gasteiger partial charge in [-0.25, -0.2) is 0 Å². The van der Waals surface area contributed by atoms with Crippen LogP contribution < -0.4 is 10.6 Å². The summed E-state index contributed by atoms with van der Waals surface area (Å²) >= 11 is 6.30. The maximum Gasteiger partial charge on any atom is 0.191 e. The van der Waals surface area contributed by atoms with E-state index in [1.165, 1.54) is 18.4 Å². The summed E-state index contributed by atoms with van der Waals surface area (Å²) in [6, 6.07) is 8.14. The van der Waals surface area contributed by atoms with E-state index in [9.17, 15) is 0 Å². The highest BCUT2D eigenvalue weighted by atomic mass is 35.5. The SMILES string of the molecule is CCNC(=NCC1CCN(Cc2ccccc2Cl)CC1)NCCCOCCOC. The fraction of sp³-hybridized carbons (Fsp3) is 0.682. The topological polar surface area (TPSA) is 58.1 Å². The molecule has 1 saturated heterocycles. The molecule has 0 spiro atoms. The second-order valence-corrected chi connectivity index (χ2v) is 7.82. The third-order valence-electron chi connectivity index (χ3n) is 5.10.